The molecule has 2 aromatic rings. The first kappa shape index (κ1) is 21.3. The van der Waals surface area contributed by atoms with Crippen LogP contribution in [0.2, 0.25) is 0 Å². The number of nitrogens with zero attached hydrogens (tertiary/aromatic N) is 4. The molecule has 2 saturated heterocycles. The second-order valence-corrected chi connectivity index (χ2v) is 10.4. The van der Waals surface area contributed by atoms with Crippen molar-refractivity contribution in [3.8, 4) is 11.3 Å². The molecule has 4 heterocycles. The Morgan fingerprint density at radius 3 is 2.59 bits per heavy atom. The van der Waals surface area contributed by atoms with Crippen molar-refractivity contribution in [2.24, 2.45) is 0 Å². The summed E-state index contributed by atoms with van der Waals surface area (Å²) >= 11 is 0. The number of fused-ring (bicyclic) bond motifs is 3. The van der Waals surface area contributed by atoms with E-state index in [0.717, 1.165) is 6.42 Å². The van der Waals surface area contributed by atoms with Gasteiger partial charge in [-0.1, -0.05) is 18.2 Å². The van der Waals surface area contributed by atoms with Gasteiger partial charge in [0.1, 0.15) is 0 Å². The summed E-state index contributed by atoms with van der Waals surface area (Å²) in [6.45, 7) is 2.53. The van der Waals surface area contributed by atoms with Crippen molar-refractivity contribution in [3.05, 3.63) is 35.5 Å². The van der Waals surface area contributed by atoms with Gasteiger partial charge in [0.2, 0.25) is 0 Å². The van der Waals surface area contributed by atoms with Gasteiger partial charge in [-0.2, -0.15) is 15.7 Å². The number of hydrogen-bond donors (Lipinski definition) is 3. The fourth-order valence-electron chi connectivity index (χ4n) is 4.80. The second-order valence-electron chi connectivity index (χ2n) is 8.36. The standard InChI is InChI=1S/C21H26N4O6S/c26-20(23-8-10-31-11-9-23)18-16-13-32(29,30)17-6-2-1-5-15(17)19(16)25(22-18)14-4-3-7-24(12-14)21(27)28/h1-2,5-6,14,29-30H,3-4,7-13H2,(H,27,28). The molecule has 11 heteroatoms. The lowest BCUT2D eigenvalue weighted by molar-refractivity contribution is 0.0297. The number of likely N-dealkylation sites (tertiary alicyclic amines) is 1. The third-order valence-corrected chi connectivity index (χ3v) is 8.11. The van der Waals surface area contributed by atoms with Crippen LogP contribution in [0.1, 0.15) is 34.9 Å². The van der Waals surface area contributed by atoms with Gasteiger partial charge in [-0.25, -0.2) is 4.79 Å². The Labute approximate surface area is 186 Å². The summed E-state index contributed by atoms with van der Waals surface area (Å²) < 4.78 is 28.9. The third kappa shape index (κ3) is 3.54. The van der Waals surface area contributed by atoms with Crippen LogP contribution in [0.25, 0.3) is 11.3 Å². The van der Waals surface area contributed by atoms with Crippen molar-refractivity contribution in [3.63, 3.8) is 0 Å². The van der Waals surface area contributed by atoms with Crippen molar-refractivity contribution in [2.45, 2.75) is 29.5 Å². The molecule has 2 amide bonds. The molecule has 1 aromatic carbocycles. The Balaban J connectivity index is 1.64. The van der Waals surface area contributed by atoms with E-state index in [1.807, 2.05) is 6.07 Å². The first-order valence-electron chi connectivity index (χ1n) is 10.7. The van der Waals surface area contributed by atoms with E-state index in [4.69, 9.17) is 9.84 Å². The monoisotopic (exact) mass is 462 g/mol. The molecule has 3 aliphatic heterocycles. The number of ether oxygens (including phenoxy) is 1. The highest BCUT2D eigenvalue weighted by Crippen LogP contribution is 2.60. The molecule has 3 N–H and O–H groups in total. The summed E-state index contributed by atoms with van der Waals surface area (Å²) in [5, 5.41) is 14.2. The van der Waals surface area contributed by atoms with E-state index in [1.165, 1.54) is 4.90 Å². The van der Waals surface area contributed by atoms with Gasteiger partial charge in [-0.3, -0.25) is 18.6 Å². The Kier molecular flexibility index (Phi) is 5.36. The maximum Gasteiger partial charge on any atom is 0.407 e. The van der Waals surface area contributed by atoms with Crippen molar-refractivity contribution in [2.75, 3.05) is 39.4 Å². The number of rotatable bonds is 2. The van der Waals surface area contributed by atoms with Crippen molar-refractivity contribution >= 4 is 22.6 Å². The highest BCUT2D eigenvalue weighted by atomic mass is 32.3. The van der Waals surface area contributed by atoms with Crippen LogP contribution in [0.5, 0.6) is 0 Å². The Morgan fingerprint density at radius 2 is 1.84 bits per heavy atom. The number of hydrogen-bond acceptors (Lipinski definition) is 6. The fourth-order valence-corrected chi connectivity index (χ4v) is 6.44. The smallest absolute Gasteiger partial charge is 0.407 e. The van der Waals surface area contributed by atoms with E-state index in [0.29, 0.717) is 61.0 Å². The summed E-state index contributed by atoms with van der Waals surface area (Å²) in [7, 11) is -3.14. The number of amides is 2. The van der Waals surface area contributed by atoms with Gasteiger partial charge in [-0.15, -0.1) is 0 Å². The summed E-state index contributed by atoms with van der Waals surface area (Å²) in [5.74, 6) is -0.344. The maximum atomic E-state index is 13.4. The lowest BCUT2D eigenvalue weighted by Crippen LogP contribution is -2.41. The Morgan fingerprint density at radius 1 is 1.09 bits per heavy atom. The van der Waals surface area contributed by atoms with E-state index in [2.05, 4.69) is 0 Å². The molecular weight excluding hydrogens is 436 g/mol. The summed E-state index contributed by atoms with van der Waals surface area (Å²) in [5.41, 5.74) is 2.05. The number of aromatic nitrogens is 2. The molecule has 1 unspecified atom stereocenters. The molecule has 1 aromatic heterocycles. The van der Waals surface area contributed by atoms with Gasteiger partial charge in [0, 0.05) is 37.3 Å². The van der Waals surface area contributed by atoms with E-state index < -0.39 is 16.7 Å². The Hall–Kier alpha value is -2.60. The molecule has 10 nitrogen and oxygen atoms in total. The lowest BCUT2D eigenvalue weighted by Gasteiger charge is -2.39. The van der Waals surface area contributed by atoms with E-state index in [1.54, 1.807) is 27.8 Å². The Bertz CT molecular complexity index is 1060. The average molecular weight is 463 g/mol. The fraction of sp³-hybridized carbons (Fsp3) is 0.476. The van der Waals surface area contributed by atoms with Crippen LogP contribution in [0.4, 0.5) is 4.79 Å². The van der Waals surface area contributed by atoms with Crippen LogP contribution in [0, 0.1) is 0 Å². The number of carbonyl (C=O) groups is 2. The largest absolute Gasteiger partial charge is 0.465 e. The summed E-state index contributed by atoms with van der Waals surface area (Å²) in [6, 6.07) is 6.83. The van der Waals surface area contributed by atoms with Crippen LogP contribution in [0.3, 0.4) is 0 Å². The van der Waals surface area contributed by atoms with E-state index in [9.17, 15) is 23.8 Å². The minimum Gasteiger partial charge on any atom is -0.465 e. The zero-order chi connectivity index (χ0) is 22.5. The van der Waals surface area contributed by atoms with Gasteiger partial charge in [0.25, 0.3) is 5.91 Å². The predicted molar refractivity (Wildman–Crippen MR) is 117 cm³/mol. The molecule has 3 aliphatic rings. The lowest BCUT2D eigenvalue weighted by atomic mass is 10.0. The molecule has 32 heavy (non-hydrogen) atoms. The predicted octanol–water partition coefficient (Wildman–Crippen LogP) is 2.96. The molecule has 1 atom stereocenters. The molecular formula is C21H26N4O6S. The SMILES string of the molecule is O=C(O)N1CCCC(n2nc(C(=O)N3CCOCC3)c3c2-c2ccccc2S(O)(O)C3)C1. The first-order valence-corrected chi connectivity index (χ1v) is 12.4. The molecule has 0 radical (unpaired) electrons. The van der Waals surface area contributed by atoms with Crippen LogP contribution >= 0.6 is 10.6 Å². The third-order valence-electron chi connectivity index (χ3n) is 6.36. The molecule has 2 fully saturated rings. The normalized spacial score (nSPS) is 23.2. The maximum absolute atomic E-state index is 13.4. The first-order chi connectivity index (χ1) is 15.4. The molecule has 0 spiro atoms. The molecule has 172 valence electrons. The average Bonchev–Trinajstić information content (AvgIpc) is 3.18. The quantitative estimate of drug-likeness (QED) is 0.626. The molecule has 0 saturated carbocycles. The molecule has 0 bridgehead atoms. The van der Waals surface area contributed by atoms with Crippen LogP contribution in [-0.2, 0) is 10.5 Å². The highest BCUT2D eigenvalue weighted by Gasteiger charge is 2.39. The van der Waals surface area contributed by atoms with Crippen LogP contribution < -0.4 is 0 Å². The second kappa shape index (κ2) is 8.07. The molecule has 0 aliphatic carbocycles. The zero-order valence-electron chi connectivity index (χ0n) is 17.5. The van der Waals surface area contributed by atoms with Crippen LogP contribution in [-0.4, -0.2) is 85.2 Å². The van der Waals surface area contributed by atoms with Gasteiger partial charge in [0.05, 0.1) is 35.6 Å². The topological polar surface area (TPSA) is 128 Å². The minimum atomic E-state index is -3.14. The van der Waals surface area contributed by atoms with Crippen LogP contribution in [0.15, 0.2) is 29.2 Å². The number of benzene rings is 1. The number of morpholine rings is 1. The summed E-state index contributed by atoms with van der Waals surface area (Å²) in [4.78, 5) is 28.5. The number of piperidine rings is 1. The number of carbonyl (C=O) groups excluding carboxylic acids is 1. The number of carboxylic acid groups (broad SMARTS) is 1. The molecule has 5 rings (SSSR count). The van der Waals surface area contributed by atoms with Crippen molar-refractivity contribution < 1.29 is 28.5 Å². The van der Waals surface area contributed by atoms with Gasteiger partial charge in [-0.05, 0) is 18.9 Å². The highest BCUT2D eigenvalue weighted by molar-refractivity contribution is 8.23. The summed E-state index contributed by atoms with van der Waals surface area (Å²) in [6.07, 6.45) is 0.436. The van der Waals surface area contributed by atoms with Gasteiger partial charge >= 0.3 is 6.09 Å². The van der Waals surface area contributed by atoms with E-state index in [-0.39, 0.29) is 29.9 Å². The van der Waals surface area contributed by atoms with E-state index >= 15 is 0 Å². The van der Waals surface area contributed by atoms with Crippen molar-refractivity contribution in [1.29, 1.82) is 0 Å². The zero-order valence-corrected chi connectivity index (χ0v) is 18.3. The van der Waals surface area contributed by atoms with Gasteiger partial charge < -0.3 is 19.6 Å². The van der Waals surface area contributed by atoms with Gasteiger partial charge in [0.15, 0.2) is 5.69 Å². The van der Waals surface area contributed by atoms with Crippen molar-refractivity contribution in [1.82, 2.24) is 19.6 Å². The minimum absolute atomic E-state index is 0.0832.